The first-order chi connectivity index (χ1) is 12.2. The molecule has 0 spiro atoms. The number of rotatable bonds is 3. The predicted octanol–water partition coefficient (Wildman–Crippen LogP) is 1.82. The van der Waals surface area contributed by atoms with Crippen molar-refractivity contribution in [2.45, 2.75) is 19.4 Å². The van der Waals surface area contributed by atoms with E-state index in [4.69, 9.17) is 4.74 Å². The molecule has 3 aromatic heterocycles. The number of nitrogens with zero attached hydrogens (tertiary/aromatic N) is 4. The van der Waals surface area contributed by atoms with Crippen LogP contribution in [0.25, 0.3) is 20.4 Å². The topological polar surface area (TPSA) is 77.3 Å². The first-order valence-electron chi connectivity index (χ1n) is 8.31. The number of pyridine rings is 1. The average Bonchev–Trinajstić information content (AvgIpc) is 3.04. The van der Waals surface area contributed by atoms with E-state index in [0.717, 1.165) is 10.2 Å². The number of thiophene rings is 1. The molecule has 1 aliphatic heterocycles. The number of carbonyl (C=O) groups excluding carboxylic acids is 1. The van der Waals surface area contributed by atoms with Gasteiger partial charge in [0.2, 0.25) is 5.91 Å². The Hall–Kier alpha value is -2.32. The summed E-state index contributed by atoms with van der Waals surface area (Å²) in [5.74, 6) is -0.0479. The van der Waals surface area contributed by atoms with Gasteiger partial charge >= 0.3 is 0 Å². The van der Waals surface area contributed by atoms with Gasteiger partial charge < -0.3 is 9.64 Å². The van der Waals surface area contributed by atoms with Crippen molar-refractivity contribution >= 4 is 37.7 Å². The molecule has 7 nitrogen and oxygen atoms in total. The summed E-state index contributed by atoms with van der Waals surface area (Å²) in [4.78, 5) is 37.2. The second-order valence-corrected chi connectivity index (χ2v) is 6.95. The molecule has 0 aliphatic carbocycles. The van der Waals surface area contributed by atoms with Gasteiger partial charge in [0.05, 0.1) is 25.1 Å². The lowest BCUT2D eigenvalue weighted by Crippen LogP contribution is -2.45. The fourth-order valence-corrected chi connectivity index (χ4v) is 4.22. The summed E-state index contributed by atoms with van der Waals surface area (Å²) in [6.07, 6.45) is 3.73. The molecule has 1 aliphatic rings. The molecular formula is C17H18N4O3S. The number of aromatic nitrogens is 3. The van der Waals surface area contributed by atoms with Crippen molar-refractivity contribution in [1.82, 2.24) is 19.4 Å². The first kappa shape index (κ1) is 16.2. The van der Waals surface area contributed by atoms with Crippen LogP contribution in [0.5, 0.6) is 0 Å². The smallest absolute Gasteiger partial charge is 0.272 e. The maximum absolute atomic E-state index is 13.0. The zero-order valence-electron chi connectivity index (χ0n) is 13.8. The zero-order valence-corrected chi connectivity index (χ0v) is 14.7. The molecule has 8 heteroatoms. The third-order valence-electron chi connectivity index (χ3n) is 4.51. The zero-order chi connectivity index (χ0) is 17.4. The Balaban J connectivity index is 1.79. The number of morpholine rings is 1. The van der Waals surface area contributed by atoms with E-state index >= 15 is 0 Å². The number of carbonyl (C=O) groups is 1. The largest absolute Gasteiger partial charge is 0.378 e. The molecule has 0 radical (unpaired) electrons. The highest BCUT2D eigenvalue weighted by molar-refractivity contribution is 7.25. The lowest BCUT2D eigenvalue weighted by molar-refractivity contribution is -0.139. The SMILES string of the molecule is CCC(C(=O)N1CCOCC1)n1cnc2c(sc3ncccc32)c1=O. The molecular weight excluding hydrogens is 340 g/mol. The molecule has 1 fully saturated rings. The van der Waals surface area contributed by atoms with Gasteiger partial charge in [-0.15, -0.1) is 11.3 Å². The summed E-state index contributed by atoms with van der Waals surface area (Å²) in [7, 11) is 0. The second kappa shape index (κ2) is 6.53. The second-order valence-electron chi connectivity index (χ2n) is 5.95. The van der Waals surface area contributed by atoms with Gasteiger partial charge in [0.15, 0.2) is 0 Å². The molecule has 4 rings (SSSR count). The van der Waals surface area contributed by atoms with Gasteiger partial charge in [0.25, 0.3) is 5.56 Å². The van der Waals surface area contributed by atoms with Crippen LogP contribution < -0.4 is 5.56 Å². The van der Waals surface area contributed by atoms with E-state index in [-0.39, 0.29) is 11.5 Å². The minimum atomic E-state index is -0.541. The highest BCUT2D eigenvalue weighted by Crippen LogP contribution is 2.28. The molecule has 0 aromatic carbocycles. The van der Waals surface area contributed by atoms with Crippen LogP contribution in [0.4, 0.5) is 0 Å². The van der Waals surface area contributed by atoms with E-state index in [9.17, 15) is 9.59 Å². The van der Waals surface area contributed by atoms with Gasteiger partial charge in [-0.2, -0.15) is 0 Å². The molecule has 1 saturated heterocycles. The minimum Gasteiger partial charge on any atom is -0.378 e. The van der Waals surface area contributed by atoms with Crippen LogP contribution in [0.3, 0.4) is 0 Å². The number of hydrogen-bond donors (Lipinski definition) is 0. The molecule has 25 heavy (non-hydrogen) atoms. The van der Waals surface area contributed by atoms with E-state index < -0.39 is 6.04 Å². The Morgan fingerprint density at radius 1 is 1.36 bits per heavy atom. The summed E-state index contributed by atoms with van der Waals surface area (Å²) >= 11 is 1.33. The highest BCUT2D eigenvalue weighted by atomic mass is 32.1. The van der Waals surface area contributed by atoms with Crippen LogP contribution >= 0.6 is 11.3 Å². The fraction of sp³-hybridized carbons (Fsp3) is 0.412. The first-order valence-corrected chi connectivity index (χ1v) is 9.13. The van der Waals surface area contributed by atoms with Crippen molar-refractivity contribution in [1.29, 1.82) is 0 Å². The van der Waals surface area contributed by atoms with E-state index in [1.54, 1.807) is 11.1 Å². The van der Waals surface area contributed by atoms with Crippen LogP contribution in [0.15, 0.2) is 29.5 Å². The highest BCUT2D eigenvalue weighted by Gasteiger charge is 2.27. The van der Waals surface area contributed by atoms with Gasteiger partial charge in [-0.1, -0.05) is 6.92 Å². The monoisotopic (exact) mass is 358 g/mol. The van der Waals surface area contributed by atoms with E-state index in [1.165, 1.54) is 22.2 Å². The molecule has 0 N–H and O–H groups in total. The molecule has 1 amide bonds. The van der Waals surface area contributed by atoms with Crippen LogP contribution in [0.1, 0.15) is 19.4 Å². The summed E-state index contributed by atoms with van der Waals surface area (Å²) in [6.45, 7) is 4.11. The van der Waals surface area contributed by atoms with E-state index in [1.807, 2.05) is 19.1 Å². The van der Waals surface area contributed by atoms with Gasteiger partial charge in [0.1, 0.15) is 15.6 Å². The third kappa shape index (κ3) is 2.71. The minimum absolute atomic E-state index is 0.0479. The fourth-order valence-electron chi connectivity index (χ4n) is 3.19. The molecule has 4 heterocycles. The van der Waals surface area contributed by atoms with Crippen molar-refractivity contribution in [3.63, 3.8) is 0 Å². The average molecular weight is 358 g/mol. The van der Waals surface area contributed by atoms with Crippen molar-refractivity contribution in [2.75, 3.05) is 26.3 Å². The quantitative estimate of drug-likeness (QED) is 0.714. The van der Waals surface area contributed by atoms with Crippen molar-refractivity contribution in [2.24, 2.45) is 0 Å². The van der Waals surface area contributed by atoms with Crippen molar-refractivity contribution in [3.05, 3.63) is 35.0 Å². The molecule has 130 valence electrons. The summed E-state index contributed by atoms with van der Waals surface area (Å²) < 4.78 is 7.32. The van der Waals surface area contributed by atoms with Crippen LogP contribution in [-0.4, -0.2) is 51.6 Å². The number of amides is 1. The van der Waals surface area contributed by atoms with Crippen LogP contribution in [0.2, 0.25) is 0 Å². The molecule has 1 atom stereocenters. The Morgan fingerprint density at radius 2 is 2.16 bits per heavy atom. The van der Waals surface area contributed by atoms with Gasteiger partial charge in [0, 0.05) is 24.7 Å². The standard InChI is InChI=1S/C17H18N4O3S/c1-2-12(16(22)20-6-8-24-9-7-20)21-10-19-13-11-4-3-5-18-15(11)25-14(13)17(21)23/h3-5,10,12H,2,6-9H2,1H3. The van der Waals surface area contributed by atoms with Crippen molar-refractivity contribution in [3.8, 4) is 0 Å². The van der Waals surface area contributed by atoms with Gasteiger partial charge in [-0.25, -0.2) is 9.97 Å². The summed E-state index contributed by atoms with van der Waals surface area (Å²) in [5.41, 5.74) is 0.476. The lowest BCUT2D eigenvalue weighted by atomic mass is 10.1. The lowest BCUT2D eigenvalue weighted by Gasteiger charge is -2.30. The van der Waals surface area contributed by atoms with Crippen LogP contribution in [0, 0.1) is 0 Å². The molecule has 0 saturated carbocycles. The van der Waals surface area contributed by atoms with Crippen molar-refractivity contribution < 1.29 is 9.53 Å². The maximum atomic E-state index is 13.0. The van der Waals surface area contributed by atoms with Gasteiger partial charge in [-0.05, 0) is 18.6 Å². The molecule has 0 bridgehead atoms. The predicted molar refractivity (Wildman–Crippen MR) is 95.9 cm³/mol. The normalized spacial score (nSPS) is 16.4. The Labute approximate surface area is 147 Å². The van der Waals surface area contributed by atoms with Crippen LogP contribution in [-0.2, 0) is 9.53 Å². The summed E-state index contributed by atoms with van der Waals surface area (Å²) in [6, 6.07) is 3.20. The Kier molecular flexibility index (Phi) is 4.22. The Morgan fingerprint density at radius 3 is 2.92 bits per heavy atom. The third-order valence-corrected chi connectivity index (χ3v) is 5.60. The number of hydrogen-bond acceptors (Lipinski definition) is 6. The number of fused-ring (bicyclic) bond motifs is 3. The maximum Gasteiger partial charge on any atom is 0.272 e. The van der Waals surface area contributed by atoms with Gasteiger partial charge in [-0.3, -0.25) is 14.2 Å². The van der Waals surface area contributed by atoms with E-state index in [0.29, 0.717) is 42.9 Å². The number of ether oxygens (including phenoxy) is 1. The molecule has 1 unspecified atom stereocenters. The Bertz CT molecular complexity index is 990. The molecule has 3 aromatic rings. The van der Waals surface area contributed by atoms with E-state index in [2.05, 4.69) is 9.97 Å². The summed E-state index contributed by atoms with van der Waals surface area (Å²) in [5, 5.41) is 0.874.